The van der Waals surface area contributed by atoms with E-state index < -0.39 is 0 Å². The number of rotatable bonds is 5. The lowest BCUT2D eigenvalue weighted by Crippen LogP contribution is -2.25. The van der Waals surface area contributed by atoms with Crippen LogP contribution in [0.15, 0.2) is 24.4 Å². The highest BCUT2D eigenvalue weighted by Gasteiger charge is 2.17. The van der Waals surface area contributed by atoms with Crippen LogP contribution in [0.1, 0.15) is 53.1 Å². The van der Waals surface area contributed by atoms with Gasteiger partial charge in [0.2, 0.25) is 0 Å². The van der Waals surface area contributed by atoms with Crippen LogP contribution in [0, 0.1) is 13.8 Å². The van der Waals surface area contributed by atoms with E-state index >= 15 is 0 Å². The van der Waals surface area contributed by atoms with Crippen molar-refractivity contribution in [3.05, 3.63) is 47.0 Å². The summed E-state index contributed by atoms with van der Waals surface area (Å²) in [4.78, 5) is 19.5. The molecule has 0 spiro atoms. The Morgan fingerprint density at radius 3 is 2.57 bits per heavy atom. The molecule has 1 amide bonds. The first-order valence-corrected chi connectivity index (χ1v) is 10.6. The molecule has 1 saturated heterocycles. The van der Waals surface area contributed by atoms with Crippen molar-refractivity contribution in [3.8, 4) is 11.3 Å². The summed E-state index contributed by atoms with van der Waals surface area (Å²) in [6, 6.07) is 5.86. The first kappa shape index (κ1) is 20.1. The van der Waals surface area contributed by atoms with Crippen LogP contribution in [0.25, 0.3) is 11.3 Å². The van der Waals surface area contributed by atoms with Crippen molar-refractivity contribution in [2.45, 2.75) is 46.1 Å². The van der Waals surface area contributed by atoms with E-state index in [0.29, 0.717) is 12.2 Å². The summed E-state index contributed by atoms with van der Waals surface area (Å²) < 4.78 is 1.82. The van der Waals surface area contributed by atoms with Gasteiger partial charge in [0.1, 0.15) is 11.5 Å². The van der Waals surface area contributed by atoms with Crippen molar-refractivity contribution >= 4 is 11.7 Å². The normalized spacial score (nSPS) is 14.6. The minimum Gasteiger partial charge on any atom is -0.357 e. The average molecular weight is 408 g/mol. The molecule has 30 heavy (non-hydrogen) atoms. The largest absolute Gasteiger partial charge is 0.357 e. The molecule has 3 aromatic rings. The fourth-order valence-electron chi connectivity index (χ4n) is 4.00. The van der Waals surface area contributed by atoms with Crippen LogP contribution in [-0.2, 0) is 13.6 Å². The lowest BCUT2D eigenvalue weighted by molar-refractivity contribution is 0.0946. The Hall–Kier alpha value is -3.16. The number of carbonyl (C=O) groups is 1. The molecule has 3 aromatic heterocycles. The molecule has 4 heterocycles. The van der Waals surface area contributed by atoms with E-state index in [1.807, 2.05) is 37.8 Å². The third-order valence-corrected chi connectivity index (χ3v) is 5.78. The van der Waals surface area contributed by atoms with E-state index in [9.17, 15) is 4.79 Å². The van der Waals surface area contributed by atoms with Crippen LogP contribution >= 0.6 is 0 Å². The standard InChI is InChI=1S/C22H29N7O/c1-15-21(16(2)28(3)27-15)18-12-19(26-25-18)22(30)24-14-17-8-9-20(23-13-17)29-10-6-4-5-7-11-29/h8-9,12-13H,4-7,10-11,14H2,1-3H3,(H,24,30)(H,25,26). The number of hydrogen-bond donors (Lipinski definition) is 2. The number of anilines is 1. The van der Waals surface area contributed by atoms with Crippen molar-refractivity contribution in [1.29, 1.82) is 0 Å². The summed E-state index contributed by atoms with van der Waals surface area (Å²) in [5.41, 5.74) is 5.00. The predicted molar refractivity (Wildman–Crippen MR) is 116 cm³/mol. The van der Waals surface area contributed by atoms with Crippen molar-refractivity contribution in [2.75, 3.05) is 18.0 Å². The zero-order valence-corrected chi connectivity index (χ0v) is 17.9. The zero-order valence-electron chi connectivity index (χ0n) is 17.9. The number of H-pyrrole nitrogens is 1. The topological polar surface area (TPSA) is 91.7 Å². The van der Waals surface area contributed by atoms with Gasteiger partial charge in [-0.3, -0.25) is 14.6 Å². The van der Waals surface area contributed by atoms with E-state index in [-0.39, 0.29) is 5.91 Å². The van der Waals surface area contributed by atoms with Crippen LogP contribution in [0.4, 0.5) is 5.82 Å². The molecule has 0 bridgehead atoms. The first-order valence-electron chi connectivity index (χ1n) is 10.6. The monoisotopic (exact) mass is 407 g/mol. The summed E-state index contributed by atoms with van der Waals surface area (Å²) in [6.45, 7) is 6.50. The smallest absolute Gasteiger partial charge is 0.269 e. The zero-order chi connectivity index (χ0) is 21.1. The molecule has 1 fully saturated rings. The quantitative estimate of drug-likeness (QED) is 0.678. The van der Waals surface area contributed by atoms with E-state index in [0.717, 1.165) is 47.1 Å². The summed E-state index contributed by atoms with van der Waals surface area (Å²) in [6.07, 6.45) is 6.90. The third-order valence-electron chi connectivity index (χ3n) is 5.78. The first-order chi connectivity index (χ1) is 14.5. The van der Waals surface area contributed by atoms with E-state index in [1.165, 1.54) is 25.7 Å². The molecule has 0 aliphatic carbocycles. The van der Waals surface area contributed by atoms with Crippen LogP contribution in [-0.4, -0.2) is 44.0 Å². The van der Waals surface area contributed by atoms with Gasteiger partial charge in [0, 0.05) is 44.1 Å². The van der Waals surface area contributed by atoms with Gasteiger partial charge in [-0.2, -0.15) is 10.2 Å². The maximum Gasteiger partial charge on any atom is 0.269 e. The Balaban J connectivity index is 1.37. The van der Waals surface area contributed by atoms with Crippen molar-refractivity contribution in [3.63, 3.8) is 0 Å². The fraction of sp³-hybridized carbons (Fsp3) is 0.455. The van der Waals surface area contributed by atoms with E-state index in [4.69, 9.17) is 0 Å². The van der Waals surface area contributed by atoms with Gasteiger partial charge >= 0.3 is 0 Å². The number of amides is 1. The Morgan fingerprint density at radius 1 is 1.17 bits per heavy atom. The Bertz CT molecular complexity index is 1010. The maximum atomic E-state index is 12.6. The minimum absolute atomic E-state index is 0.190. The Labute approximate surface area is 176 Å². The summed E-state index contributed by atoms with van der Waals surface area (Å²) in [7, 11) is 1.90. The maximum absolute atomic E-state index is 12.6. The second kappa shape index (κ2) is 8.69. The molecular formula is C22H29N7O. The number of nitrogens with one attached hydrogen (secondary N) is 2. The second-order valence-corrected chi connectivity index (χ2v) is 7.94. The molecule has 8 nitrogen and oxygen atoms in total. The number of nitrogens with zero attached hydrogens (tertiary/aromatic N) is 5. The Morgan fingerprint density at radius 2 is 1.93 bits per heavy atom. The highest BCUT2D eigenvalue weighted by atomic mass is 16.1. The second-order valence-electron chi connectivity index (χ2n) is 7.94. The molecule has 0 aromatic carbocycles. The van der Waals surface area contributed by atoms with Gasteiger partial charge in [0.05, 0.1) is 11.4 Å². The van der Waals surface area contributed by atoms with Gasteiger partial charge in [-0.1, -0.05) is 18.9 Å². The van der Waals surface area contributed by atoms with Gasteiger partial charge in [-0.25, -0.2) is 4.98 Å². The predicted octanol–water partition coefficient (Wildman–Crippen LogP) is 3.13. The molecule has 1 aliphatic heterocycles. The Kier molecular flexibility index (Phi) is 5.83. The number of carbonyl (C=O) groups excluding carboxylic acids is 1. The molecule has 158 valence electrons. The lowest BCUT2D eigenvalue weighted by atomic mass is 10.1. The molecule has 4 rings (SSSR count). The SMILES string of the molecule is Cc1nn(C)c(C)c1-c1cc(C(=O)NCc2ccc(N3CCCCCC3)nc2)[nH]n1. The number of aryl methyl sites for hydroxylation is 2. The highest BCUT2D eigenvalue weighted by molar-refractivity contribution is 5.93. The molecule has 0 atom stereocenters. The molecular weight excluding hydrogens is 378 g/mol. The number of aromatic amines is 1. The highest BCUT2D eigenvalue weighted by Crippen LogP contribution is 2.25. The van der Waals surface area contributed by atoms with E-state index in [1.54, 1.807) is 6.07 Å². The van der Waals surface area contributed by atoms with Gasteiger partial charge < -0.3 is 10.2 Å². The minimum atomic E-state index is -0.190. The summed E-state index contributed by atoms with van der Waals surface area (Å²) in [5, 5.41) is 14.5. The number of pyridine rings is 1. The number of aromatic nitrogens is 5. The number of hydrogen-bond acceptors (Lipinski definition) is 5. The molecule has 8 heteroatoms. The fourth-order valence-corrected chi connectivity index (χ4v) is 4.00. The summed E-state index contributed by atoms with van der Waals surface area (Å²) in [5.74, 6) is 0.830. The molecule has 0 radical (unpaired) electrons. The molecule has 0 unspecified atom stereocenters. The van der Waals surface area contributed by atoms with Crippen LogP contribution < -0.4 is 10.2 Å². The van der Waals surface area contributed by atoms with Gasteiger partial charge in [0.15, 0.2) is 0 Å². The van der Waals surface area contributed by atoms with E-state index in [2.05, 4.69) is 36.6 Å². The van der Waals surface area contributed by atoms with Gasteiger partial charge in [-0.05, 0) is 44.4 Å². The molecule has 1 aliphatic rings. The van der Waals surface area contributed by atoms with Gasteiger partial charge in [0.25, 0.3) is 5.91 Å². The van der Waals surface area contributed by atoms with Crippen LogP contribution in [0.2, 0.25) is 0 Å². The van der Waals surface area contributed by atoms with Crippen molar-refractivity contribution in [1.82, 2.24) is 30.3 Å². The molecule has 0 saturated carbocycles. The summed E-state index contributed by atoms with van der Waals surface area (Å²) >= 11 is 0. The lowest BCUT2D eigenvalue weighted by Gasteiger charge is -2.21. The van der Waals surface area contributed by atoms with Crippen molar-refractivity contribution in [2.24, 2.45) is 7.05 Å². The van der Waals surface area contributed by atoms with Crippen LogP contribution in [0.5, 0.6) is 0 Å². The third kappa shape index (κ3) is 4.22. The molecule has 2 N–H and O–H groups in total. The average Bonchev–Trinajstić information content (AvgIpc) is 3.19. The van der Waals surface area contributed by atoms with Crippen LogP contribution in [0.3, 0.4) is 0 Å². The van der Waals surface area contributed by atoms with Crippen molar-refractivity contribution < 1.29 is 4.79 Å². The van der Waals surface area contributed by atoms with Gasteiger partial charge in [-0.15, -0.1) is 0 Å².